The molecule has 2 aromatic rings. The van der Waals surface area contributed by atoms with Crippen molar-refractivity contribution in [2.45, 2.75) is 13.8 Å². The van der Waals surface area contributed by atoms with Crippen LogP contribution in [0.4, 0.5) is 10.1 Å². The van der Waals surface area contributed by atoms with Gasteiger partial charge < -0.3 is 10.5 Å². The third-order valence-electron chi connectivity index (χ3n) is 3.19. The molecule has 0 aliphatic rings. The predicted molar refractivity (Wildman–Crippen MR) is 76.7 cm³/mol. The van der Waals surface area contributed by atoms with Crippen molar-refractivity contribution >= 4 is 11.5 Å². The van der Waals surface area contributed by atoms with Gasteiger partial charge in [-0.1, -0.05) is 0 Å². The minimum absolute atomic E-state index is 0.175. The molecule has 0 aliphatic carbocycles. The molecule has 0 spiro atoms. The second-order valence-electron chi connectivity index (χ2n) is 4.70. The van der Waals surface area contributed by atoms with Gasteiger partial charge in [-0.25, -0.2) is 4.39 Å². The van der Waals surface area contributed by atoms with Crippen LogP contribution in [0.1, 0.15) is 27.0 Å². The number of nitrogen functional groups attached to an aromatic ring is 1. The number of ketones is 1. The molecule has 0 bridgehead atoms. The number of hydrogen-bond donors (Lipinski definition) is 1. The van der Waals surface area contributed by atoms with Crippen LogP contribution in [0.2, 0.25) is 0 Å². The molecular weight excluding hydrogens is 257 g/mol. The molecule has 0 amide bonds. The van der Waals surface area contributed by atoms with Gasteiger partial charge in [0.1, 0.15) is 11.6 Å². The van der Waals surface area contributed by atoms with E-state index >= 15 is 0 Å². The second kappa shape index (κ2) is 5.33. The molecule has 0 unspecified atom stereocenters. The first-order valence-electron chi connectivity index (χ1n) is 6.19. The van der Waals surface area contributed by atoms with Gasteiger partial charge in [-0.15, -0.1) is 0 Å². The summed E-state index contributed by atoms with van der Waals surface area (Å²) in [6, 6.07) is 7.23. The number of ether oxygens (including phenoxy) is 1. The molecule has 0 fully saturated rings. The highest BCUT2D eigenvalue weighted by molar-refractivity contribution is 6.12. The Bertz CT molecular complexity index is 657. The van der Waals surface area contributed by atoms with Crippen molar-refractivity contribution in [3.05, 3.63) is 58.4 Å². The zero-order chi connectivity index (χ0) is 14.9. The number of methoxy groups -OCH3 is 1. The average Bonchev–Trinajstić information content (AvgIpc) is 2.40. The van der Waals surface area contributed by atoms with Crippen molar-refractivity contribution in [2.75, 3.05) is 12.8 Å². The predicted octanol–water partition coefficient (Wildman–Crippen LogP) is 3.26. The van der Waals surface area contributed by atoms with Crippen LogP contribution in [-0.4, -0.2) is 12.9 Å². The number of anilines is 1. The number of halogens is 1. The number of benzene rings is 2. The first-order valence-corrected chi connectivity index (χ1v) is 6.19. The van der Waals surface area contributed by atoms with Crippen molar-refractivity contribution in [2.24, 2.45) is 0 Å². The number of rotatable bonds is 3. The summed E-state index contributed by atoms with van der Waals surface area (Å²) in [6.45, 7) is 3.72. The molecular formula is C16H16FNO2. The van der Waals surface area contributed by atoms with Crippen molar-refractivity contribution < 1.29 is 13.9 Å². The lowest BCUT2D eigenvalue weighted by molar-refractivity contribution is 0.103. The van der Waals surface area contributed by atoms with Crippen LogP contribution in [0.25, 0.3) is 0 Å². The summed E-state index contributed by atoms with van der Waals surface area (Å²) in [4.78, 5) is 12.4. The summed E-state index contributed by atoms with van der Waals surface area (Å²) in [5.41, 5.74) is 8.36. The molecule has 0 saturated carbocycles. The zero-order valence-corrected chi connectivity index (χ0v) is 11.7. The van der Waals surface area contributed by atoms with E-state index in [0.717, 1.165) is 22.9 Å². The molecule has 104 valence electrons. The lowest BCUT2D eigenvalue weighted by Gasteiger charge is -2.11. The Morgan fingerprint density at radius 3 is 2.30 bits per heavy atom. The molecule has 0 saturated heterocycles. The summed E-state index contributed by atoms with van der Waals surface area (Å²) in [5.74, 6) is -0.0332. The van der Waals surface area contributed by atoms with Crippen molar-refractivity contribution in [3.63, 3.8) is 0 Å². The molecule has 0 aliphatic heterocycles. The molecule has 0 radical (unpaired) electrons. The van der Waals surface area contributed by atoms with Crippen molar-refractivity contribution in [1.82, 2.24) is 0 Å². The van der Waals surface area contributed by atoms with E-state index in [4.69, 9.17) is 10.5 Å². The number of nitrogens with two attached hydrogens (primary N) is 1. The van der Waals surface area contributed by atoms with E-state index in [1.807, 2.05) is 13.8 Å². The van der Waals surface area contributed by atoms with E-state index in [2.05, 4.69) is 0 Å². The number of carbonyl (C=O) groups excluding carboxylic acids is 1. The van der Waals surface area contributed by atoms with Crippen LogP contribution in [0.15, 0.2) is 30.3 Å². The molecule has 20 heavy (non-hydrogen) atoms. The van der Waals surface area contributed by atoms with Gasteiger partial charge in [-0.05, 0) is 55.3 Å². The Labute approximate surface area is 117 Å². The van der Waals surface area contributed by atoms with Crippen LogP contribution < -0.4 is 10.5 Å². The van der Waals surface area contributed by atoms with E-state index < -0.39 is 5.82 Å². The minimum atomic E-state index is -0.482. The molecule has 0 atom stereocenters. The summed E-state index contributed by atoms with van der Waals surface area (Å²) in [5, 5.41) is 0. The monoisotopic (exact) mass is 273 g/mol. The van der Waals surface area contributed by atoms with E-state index in [1.54, 1.807) is 19.2 Å². The van der Waals surface area contributed by atoms with Crippen LogP contribution in [0.3, 0.4) is 0 Å². The maximum Gasteiger partial charge on any atom is 0.195 e. The van der Waals surface area contributed by atoms with Crippen molar-refractivity contribution in [1.29, 1.82) is 0 Å². The van der Waals surface area contributed by atoms with E-state index in [1.165, 1.54) is 12.1 Å². The van der Waals surface area contributed by atoms with Gasteiger partial charge in [0.2, 0.25) is 0 Å². The SMILES string of the molecule is COc1c(C)cc(C(=O)c2cc(F)ccc2N)cc1C. The maximum atomic E-state index is 13.3. The number of hydrogen-bond acceptors (Lipinski definition) is 3. The molecule has 2 aromatic carbocycles. The maximum absolute atomic E-state index is 13.3. The fraction of sp³-hybridized carbons (Fsp3) is 0.188. The van der Waals surface area contributed by atoms with Gasteiger partial charge in [-0.2, -0.15) is 0 Å². The van der Waals surface area contributed by atoms with Crippen molar-refractivity contribution in [3.8, 4) is 5.75 Å². The highest BCUT2D eigenvalue weighted by atomic mass is 19.1. The molecule has 4 heteroatoms. The normalized spacial score (nSPS) is 10.4. The summed E-state index contributed by atoms with van der Waals surface area (Å²) >= 11 is 0. The average molecular weight is 273 g/mol. The van der Waals surface area contributed by atoms with Gasteiger partial charge in [0.15, 0.2) is 5.78 Å². The second-order valence-corrected chi connectivity index (χ2v) is 4.70. The first-order chi connectivity index (χ1) is 9.43. The molecule has 0 heterocycles. The van der Waals surface area contributed by atoms with Crippen LogP contribution in [-0.2, 0) is 0 Å². The van der Waals surface area contributed by atoms with E-state index in [0.29, 0.717) is 5.56 Å². The third-order valence-corrected chi connectivity index (χ3v) is 3.19. The molecule has 3 nitrogen and oxygen atoms in total. The molecule has 0 aromatic heterocycles. The quantitative estimate of drug-likeness (QED) is 0.689. The smallest absolute Gasteiger partial charge is 0.195 e. The minimum Gasteiger partial charge on any atom is -0.496 e. The number of aryl methyl sites for hydroxylation is 2. The lowest BCUT2D eigenvalue weighted by atomic mass is 9.97. The standard InChI is InChI=1S/C16H16FNO2/c1-9-6-11(7-10(2)16(9)20-3)15(19)13-8-12(17)4-5-14(13)18/h4-8H,18H2,1-3H3. The van der Waals surface area contributed by atoms with Gasteiger partial charge in [-0.3, -0.25) is 4.79 Å². The van der Waals surface area contributed by atoms with Gasteiger partial charge >= 0.3 is 0 Å². The fourth-order valence-corrected chi connectivity index (χ4v) is 2.28. The largest absolute Gasteiger partial charge is 0.496 e. The molecule has 2 N–H and O–H groups in total. The Hall–Kier alpha value is -2.36. The molecule has 2 rings (SSSR count). The van der Waals surface area contributed by atoms with Gasteiger partial charge in [0.05, 0.1) is 7.11 Å². The van der Waals surface area contributed by atoms with Gasteiger partial charge in [0, 0.05) is 16.8 Å². The summed E-state index contributed by atoms with van der Waals surface area (Å²) in [6.07, 6.45) is 0. The van der Waals surface area contributed by atoms with Crippen LogP contribution >= 0.6 is 0 Å². The topological polar surface area (TPSA) is 52.3 Å². The Morgan fingerprint density at radius 1 is 1.15 bits per heavy atom. The van der Waals surface area contributed by atoms with E-state index in [9.17, 15) is 9.18 Å². The Balaban J connectivity index is 2.51. The highest BCUT2D eigenvalue weighted by Crippen LogP contribution is 2.26. The van der Waals surface area contributed by atoms with Crippen LogP contribution in [0, 0.1) is 19.7 Å². The van der Waals surface area contributed by atoms with Gasteiger partial charge in [0.25, 0.3) is 0 Å². The number of carbonyl (C=O) groups is 1. The fourth-order valence-electron chi connectivity index (χ4n) is 2.28. The third kappa shape index (κ3) is 2.50. The summed E-state index contributed by atoms with van der Waals surface area (Å²) < 4.78 is 18.5. The lowest BCUT2D eigenvalue weighted by Crippen LogP contribution is -2.07. The Morgan fingerprint density at radius 2 is 1.75 bits per heavy atom. The Kier molecular flexibility index (Phi) is 3.74. The zero-order valence-electron chi connectivity index (χ0n) is 11.7. The van der Waals surface area contributed by atoms with Crippen LogP contribution in [0.5, 0.6) is 5.75 Å². The summed E-state index contributed by atoms with van der Waals surface area (Å²) in [7, 11) is 1.58. The highest BCUT2D eigenvalue weighted by Gasteiger charge is 2.16. The van der Waals surface area contributed by atoms with E-state index in [-0.39, 0.29) is 17.0 Å². The first kappa shape index (κ1) is 14.1.